The van der Waals surface area contributed by atoms with Gasteiger partial charge in [-0.3, -0.25) is 4.90 Å². The number of likely N-dealkylation sites (N-methyl/N-ethyl adjacent to an activating group) is 1. The number of thiazole rings is 1. The number of hydrogen-bond donors (Lipinski definition) is 0. The lowest BCUT2D eigenvalue weighted by Gasteiger charge is -2.38. The zero-order chi connectivity index (χ0) is 12.4. The van der Waals surface area contributed by atoms with E-state index in [4.69, 9.17) is 23.2 Å². The second kappa shape index (κ2) is 5.74. The van der Waals surface area contributed by atoms with Crippen LogP contribution in [-0.2, 0) is 5.88 Å². The van der Waals surface area contributed by atoms with Gasteiger partial charge in [0.05, 0.1) is 10.8 Å². The van der Waals surface area contributed by atoms with Gasteiger partial charge in [0.25, 0.3) is 0 Å². The van der Waals surface area contributed by atoms with Crippen molar-refractivity contribution in [3.63, 3.8) is 0 Å². The lowest BCUT2D eigenvalue weighted by Crippen LogP contribution is -2.51. The van der Waals surface area contributed by atoms with E-state index in [-0.39, 0.29) is 0 Å². The molecule has 0 amide bonds. The number of halogens is 2. The molecular formula is C11H17Cl2N3S. The van der Waals surface area contributed by atoms with Gasteiger partial charge in [0.2, 0.25) is 0 Å². The molecule has 1 aromatic rings. The van der Waals surface area contributed by atoms with E-state index in [1.807, 2.05) is 0 Å². The summed E-state index contributed by atoms with van der Waals surface area (Å²) in [5, 5.41) is 1.57. The molecule has 2 heterocycles. The van der Waals surface area contributed by atoms with Crippen LogP contribution in [0.1, 0.15) is 18.2 Å². The molecule has 0 N–H and O–H groups in total. The maximum Gasteiger partial charge on any atom is 0.187 e. The molecule has 1 aromatic heterocycles. The van der Waals surface area contributed by atoms with Crippen LogP contribution in [0.25, 0.3) is 0 Å². The van der Waals surface area contributed by atoms with Gasteiger partial charge in [-0.1, -0.05) is 29.9 Å². The van der Waals surface area contributed by atoms with Crippen LogP contribution in [-0.4, -0.2) is 42.6 Å². The molecule has 1 unspecified atom stereocenters. The first kappa shape index (κ1) is 13.4. The third kappa shape index (κ3) is 2.87. The Morgan fingerprint density at radius 3 is 2.82 bits per heavy atom. The fourth-order valence-electron chi connectivity index (χ4n) is 2.10. The summed E-state index contributed by atoms with van der Waals surface area (Å²) in [6.45, 7) is 5.34. The number of nitrogens with zero attached hydrogens (tertiary/aromatic N) is 3. The average Bonchev–Trinajstić information content (AvgIpc) is 2.71. The molecule has 6 heteroatoms. The predicted molar refractivity (Wildman–Crippen MR) is 75.6 cm³/mol. The van der Waals surface area contributed by atoms with Gasteiger partial charge in [-0.05, 0) is 13.5 Å². The minimum absolute atomic E-state index is 0.446. The highest BCUT2D eigenvalue weighted by molar-refractivity contribution is 7.16. The van der Waals surface area contributed by atoms with Crippen LogP contribution in [0.2, 0.25) is 5.15 Å². The van der Waals surface area contributed by atoms with Gasteiger partial charge in [0.1, 0.15) is 5.15 Å². The Morgan fingerprint density at radius 1 is 1.47 bits per heavy atom. The molecule has 0 aromatic carbocycles. The van der Waals surface area contributed by atoms with Crippen LogP contribution in [0.15, 0.2) is 0 Å². The van der Waals surface area contributed by atoms with Gasteiger partial charge in [0, 0.05) is 25.7 Å². The Labute approximate surface area is 116 Å². The molecule has 1 aliphatic heterocycles. The number of hydrogen-bond acceptors (Lipinski definition) is 4. The fourth-order valence-corrected chi connectivity index (χ4v) is 3.61. The van der Waals surface area contributed by atoms with Gasteiger partial charge in [-0.2, -0.15) is 0 Å². The molecule has 17 heavy (non-hydrogen) atoms. The molecule has 0 spiro atoms. The van der Waals surface area contributed by atoms with Crippen molar-refractivity contribution in [2.24, 2.45) is 0 Å². The second-order valence-corrected chi connectivity index (χ2v) is 6.02. The molecule has 1 atom stereocenters. The van der Waals surface area contributed by atoms with Crippen molar-refractivity contribution in [2.75, 3.05) is 31.6 Å². The van der Waals surface area contributed by atoms with Gasteiger partial charge in [-0.25, -0.2) is 4.98 Å². The first-order valence-electron chi connectivity index (χ1n) is 5.82. The Morgan fingerprint density at radius 2 is 2.24 bits per heavy atom. The minimum atomic E-state index is 0.446. The number of piperazine rings is 1. The van der Waals surface area contributed by atoms with E-state index >= 15 is 0 Å². The molecule has 0 saturated carbocycles. The average molecular weight is 294 g/mol. The van der Waals surface area contributed by atoms with Gasteiger partial charge < -0.3 is 4.90 Å². The summed E-state index contributed by atoms with van der Waals surface area (Å²) in [7, 11) is 2.19. The van der Waals surface area contributed by atoms with E-state index in [1.165, 1.54) is 0 Å². The standard InChI is InChI=1S/C11H17Cl2N3S/c1-3-8-7-16(5-4-15(8)2)11-14-10(13)9(6-12)17-11/h8H,3-7H2,1-2H3. The number of rotatable bonds is 3. The Kier molecular flexibility index (Phi) is 4.53. The van der Waals surface area contributed by atoms with Crippen LogP contribution in [0, 0.1) is 0 Å². The van der Waals surface area contributed by atoms with E-state index < -0.39 is 0 Å². The highest BCUT2D eigenvalue weighted by Gasteiger charge is 2.25. The number of anilines is 1. The predicted octanol–water partition coefficient (Wildman–Crippen LogP) is 3.07. The van der Waals surface area contributed by atoms with Crippen LogP contribution in [0.3, 0.4) is 0 Å². The topological polar surface area (TPSA) is 19.4 Å². The first-order valence-corrected chi connectivity index (χ1v) is 7.55. The molecule has 1 aliphatic rings. The van der Waals surface area contributed by atoms with Crippen molar-refractivity contribution in [1.82, 2.24) is 9.88 Å². The van der Waals surface area contributed by atoms with Crippen LogP contribution in [0.5, 0.6) is 0 Å². The molecule has 0 radical (unpaired) electrons. The van der Waals surface area contributed by atoms with E-state index in [0.29, 0.717) is 17.1 Å². The summed E-state index contributed by atoms with van der Waals surface area (Å²) in [5.74, 6) is 0.446. The quantitative estimate of drug-likeness (QED) is 0.799. The Balaban J connectivity index is 2.11. The summed E-state index contributed by atoms with van der Waals surface area (Å²) in [6, 6.07) is 0.603. The van der Waals surface area contributed by atoms with Crippen molar-refractivity contribution in [3.05, 3.63) is 10.0 Å². The molecule has 3 nitrogen and oxygen atoms in total. The van der Waals surface area contributed by atoms with Crippen LogP contribution in [0.4, 0.5) is 5.13 Å². The van der Waals surface area contributed by atoms with Crippen LogP contribution < -0.4 is 4.90 Å². The maximum absolute atomic E-state index is 6.04. The normalized spacial score (nSPS) is 22.1. The number of alkyl halides is 1. The van der Waals surface area contributed by atoms with E-state index in [1.54, 1.807) is 11.3 Å². The molecule has 0 aliphatic carbocycles. The molecule has 0 bridgehead atoms. The monoisotopic (exact) mass is 293 g/mol. The molecule has 96 valence electrons. The minimum Gasteiger partial charge on any atom is -0.345 e. The Bertz CT molecular complexity index is 383. The zero-order valence-electron chi connectivity index (χ0n) is 10.1. The lowest BCUT2D eigenvalue weighted by atomic mass is 10.1. The third-order valence-corrected chi connectivity index (χ3v) is 5.25. The molecule has 1 saturated heterocycles. The summed E-state index contributed by atoms with van der Waals surface area (Å²) in [6.07, 6.45) is 1.16. The van der Waals surface area contributed by atoms with Crippen molar-refractivity contribution in [2.45, 2.75) is 25.3 Å². The summed E-state index contributed by atoms with van der Waals surface area (Å²) >= 11 is 13.5. The SMILES string of the molecule is CCC1CN(c2nc(Cl)c(CCl)s2)CCN1C. The van der Waals surface area contributed by atoms with Crippen molar-refractivity contribution < 1.29 is 0 Å². The molecule has 1 fully saturated rings. The van der Waals surface area contributed by atoms with Gasteiger partial charge in [0.15, 0.2) is 5.13 Å². The highest BCUT2D eigenvalue weighted by Crippen LogP contribution is 2.32. The summed E-state index contributed by atoms with van der Waals surface area (Å²) in [5.41, 5.74) is 0. The fraction of sp³-hybridized carbons (Fsp3) is 0.727. The van der Waals surface area contributed by atoms with Gasteiger partial charge in [-0.15, -0.1) is 11.6 Å². The van der Waals surface area contributed by atoms with E-state index in [2.05, 4.69) is 28.8 Å². The Hall–Kier alpha value is -0.0300. The van der Waals surface area contributed by atoms with Crippen molar-refractivity contribution in [3.8, 4) is 0 Å². The molecular weight excluding hydrogens is 277 g/mol. The van der Waals surface area contributed by atoms with Crippen molar-refractivity contribution >= 4 is 39.7 Å². The molecule has 2 rings (SSSR count). The summed E-state index contributed by atoms with van der Waals surface area (Å²) < 4.78 is 0. The second-order valence-electron chi connectivity index (χ2n) is 4.33. The smallest absolute Gasteiger partial charge is 0.187 e. The highest BCUT2D eigenvalue weighted by atomic mass is 35.5. The van der Waals surface area contributed by atoms with E-state index in [0.717, 1.165) is 36.1 Å². The zero-order valence-corrected chi connectivity index (χ0v) is 12.4. The third-order valence-electron chi connectivity index (χ3n) is 3.28. The first-order chi connectivity index (χ1) is 8.15. The van der Waals surface area contributed by atoms with Crippen molar-refractivity contribution in [1.29, 1.82) is 0 Å². The maximum atomic E-state index is 6.04. The van der Waals surface area contributed by atoms with E-state index in [9.17, 15) is 0 Å². The van der Waals surface area contributed by atoms with Gasteiger partial charge >= 0.3 is 0 Å². The van der Waals surface area contributed by atoms with Crippen LogP contribution >= 0.6 is 34.5 Å². The summed E-state index contributed by atoms with van der Waals surface area (Å²) in [4.78, 5) is 10.1. The lowest BCUT2D eigenvalue weighted by molar-refractivity contribution is 0.213. The largest absolute Gasteiger partial charge is 0.345 e. The number of aromatic nitrogens is 1.